The number of benzene rings is 1. The first kappa shape index (κ1) is 16.8. The molecule has 0 bridgehead atoms. The lowest BCUT2D eigenvalue weighted by Crippen LogP contribution is -2.41. The largest absolute Gasteiger partial charge is 0.495 e. The summed E-state index contributed by atoms with van der Waals surface area (Å²) < 4.78 is 25.9. The molecule has 0 radical (unpaired) electrons. The van der Waals surface area contributed by atoms with Crippen molar-refractivity contribution >= 4 is 24.2 Å². The molecule has 0 saturated carbocycles. The van der Waals surface area contributed by atoms with Crippen LogP contribution in [0.15, 0.2) is 12.1 Å². The van der Waals surface area contributed by atoms with Crippen molar-refractivity contribution < 1.29 is 23.6 Å². The molecule has 1 heterocycles. The maximum atomic E-state index is 14.2. The third-order valence-corrected chi connectivity index (χ3v) is 4.22. The van der Waals surface area contributed by atoms with Gasteiger partial charge in [-0.15, -0.1) is 0 Å². The van der Waals surface area contributed by atoms with E-state index in [0.717, 1.165) is 6.07 Å². The van der Waals surface area contributed by atoms with E-state index in [1.165, 1.54) is 0 Å². The molecule has 1 aliphatic rings. The van der Waals surface area contributed by atoms with Crippen molar-refractivity contribution in [2.75, 3.05) is 11.9 Å². The molecule has 0 amide bonds. The third-order valence-electron chi connectivity index (χ3n) is 4.22. The third kappa shape index (κ3) is 2.83. The molecule has 0 unspecified atom stereocenters. The number of aromatic carboxylic acids is 1. The summed E-state index contributed by atoms with van der Waals surface area (Å²) in [6, 6.07) is 2.73. The Balaban J connectivity index is 2.44. The Morgan fingerprint density at radius 2 is 1.82 bits per heavy atom. The fourth-order valence-electron chi connectivity index (χ4n) is 2.29. The standard InChI is InChI=1S/C15H21BFNO4/c1-6-18-11-8-9(7-10(17)12(11)13(19)20)16-21-14(2,3)15(4,5)22-16/h7-8,18H,6H2,1-5H3,(H,19,20). The van der Waals surface area contributed by atoms with Gasteiger partial charge in [0.2, 0.25) is 0 Å². The Hall–Kier alpha value is -1.60. The molecule has 0 aromatic heterocycles. The minimum absolute atomic E-state index is 0.222. The Kier molecular flexibility index (Phi) is 4.23. The summed E-state index contributed by atoms with van der Waals surface area (Å²) in [7, 11) is -0.736. The van der Waals surface area contributed by atoms with Crippen LogP contribution in [0.25, 0.3) is 0 Å². The number of rotatable bonds is 4. The van der Waals surface area contributed by atoms with Crippen LogP contribution < -0.4 is 10.8 Å². The summed E-state index contributed by atoms with van der Waals surface area (Å²) in [4.78, 5) is 11.2. The van der Waals surface area contributed by atoms with Gasteiger partial charge in [0.1, 0.15) is 11.4 Å². The number of halogens is 1. The number of carboxylic acids is 1. The van der Waals surface area contributed by atoms with Gasteiger partial charge in [0.25, 0.3) is 0 Å². The van der Waals surface area contributed by atoms with Crippen LogP contribution in [-0.2, 0) is 9.31 Å². The summed E-state index contributed by atoms with van der Waals surface area (Å²) in [5, 5.41) is 12.0. The Morgan fingerprint density at radius 1 is 1.27 bits per heavy atom. The molecule has 0 atom stereocenters. The van der Waals surface area contributed by atoms with Crippen molar-refractivity contribution in [2.45, 2.75) is 45.8 Å². The molecule has 1 aromatic carbocycles. The van der Waals surface area contributed by atoms with Crippen molar-refractivity contribution in [1.29, 1.82) is 0 Å². The van der Waals surface area contributed by atoms with Gasteiger partial charge >= 0.3 is 13.1 Å². The molecule has 1 fully saturated rings. The van der Waals surface area contributed by atoms with Crippen LogP contribution in [0.4, 0.5) is 10.1 Å². The second-order valence-electron chi connectivity index (χ2n) is 6.35. The van der Waals surface area contributed by atoms with Crippen LogP contribution in [0.1, 0.15) is 45.0 Å². The SMILES string of the molecule is CCNc1cc(B2OC(C)(C)C(C)(C)O2)cc(F)c1C(=O)O. The Bertz CT molecular complexity index is 587. The minimum Gasteiger partial charge on any atom is -0.478 e. The van der Waals surface area contributed by atoms with Gasteiger partial charge in [-0.2, -0.15) is 0 Å². The van der Waals surface area contributed by atoms with E-state index in [1.54, 1.807) is 6.07 Å². The highest BCUT2D eigenvalue weighted by atomic mass is 19.1. The molecule has 1 aromatic rings. The van der Waals surface area contributed by atoms with Crippen LogP contribution >= 0.6 is 0 Å². The number of hydrogen-bond acceptors (Lipinski definition) is 4. The Labute approximate surface area is 130 Å². The first-order chi connectivity index (χ1) is 10.1. The van der Waals surface area contributed by atoms with Crippen molar-refractivity contribution in [3.05, 3.63) is 23.5 Å². The minimum atomic E-state index is -1.31. The van der Waals surface area contributed by atoms with E-state index >= 15 is 0 Å². The van der Waals surface area contributed by atoms with Gasteiger partial charge in [0.05, 0.1) is 16.9 Å². The zero-order valence-corrected chi connectivity index (χ0v) is 13.5. The van der Waals surface area contributed by atoms with Gasteiger partial charge in [0.15, 0.2) is 0 Å². The van der Waals surface area contributed by atoms with E-state index in [2.05, 4.69) is 5.32 Å². The van der Waals surface area contributed by atoms with E-state index < -0.39 is 30.1 Å². The molecular formula is C15H21BFNO4. The molecule has 2 rings (SSSR count). The maximum absolute atomic E-state index is 14.2. The smallest absolute Gasteiger partial charge is 0.478 e. The average Bonchev–Trinajstić information content (AvgIpc) is 2.57. The van der Waals surface area contributed by atoms with E-state index in [9.17, 15) is 9.18 Å². The molecule has 22 heavy (non-hydrogen) atoms. The van der Waals surface area contributed by atoms with Gasteiger partial charge < -0.3 is 19.7 Å². The van der Waals surface area contributed by atoms with Crippen molar-refractivity contribution in [3.8, 4) is 0 Å². The number of anilines is 1. The molecule has 7 heteroatoms. The fraction of sp³-hybridized carbons (Fsp3) is 0.533. The van der Waals surface area contributed by atoms with Crippen molar-refractivity contribution in [3.63, 3.8) is 0 Å². The lowest BCUT2D eigenvalue weighted by Gasteiger charge is -2.32. The molecule has 2 N–H and O–H groups in total. The highest BCUT2D eigenvalue weighted by Crippen LogP contribution is 2.36. The first-order valence-electron chi connectivity index (χ1n) is 7.25. The van der Waals surface area contributed by atoms with Crippen LogP contribution in [-0.4, -0.2) is 35.9 Å². The predicted octanol–water partition coefficient (Wildman–Crippen LogP) is 2.25. The first-order valence-corrected chi connectivity index (χ1v) is 7.25. The van der Waals surface area contributed by atoms with Crippen LogP contribution in [0.2, 0.25) is 0 Å². The zero-order valence-electron chi connectivity index (χ0n) is 13.5. The van der Waals surface area contributed by atoms with Gasteiger partial charge in [-0.3, -0.25) is 0 Å². The topological polar surface area (TPSA) is 67.8 Å². The van der Waals surface area contributed by atoms with E-state index in [1.807, 2.05) is 34.6 Å². The second-order valence-corrected chi connectivity index (χ2v) is 6.35. The number of hydrogen-bond donors (Lipinski definition) is 2. The highest BCUT2D eigenvalue weighted by Gasteiger charge is 2.52. The summed E-state index contributed by atoms with van der Waals surface area (Å²) in [6.07, 6.45) is 0. The Morgan fingerprint density at radius 3 is 2.27 bits per heavy atom. The molecule has 1 saturated heterocycles. The molecule has 120 valence electrons. The normalized spacial score (nSPS) is 19.3. The maximum Gasteiger partial charge on any atom is 0.495 e. The summed E-state index contributed by atoms with van der Waals surface area (Å²) in [5.74, 6) is -2.12. The average molecular weight is 309 g/mol. The summed E-state index contributed by atoms with van der Waals surface area (Å²) in [5.41, 5.74) is -0.783. The van der Waals surface area contributed by atoms with Crippen LogP contribution in [0, 0.1) is 5.82 Å². The molecular weight excluding hydrogens is 288 g/mol. The highest BCUT2D eigenvalue weighted by molar-refractivity contribution is 6.62. The summed E-state index contributed by atoms with van der Waals surface area (Å²) >= 11 is 0. The monoisotopic (exact) mass is 309 g/mol. The summed E-state index contributed by atoms with van der Waals surface area (Å²) in [6.45, 7) is 9.90. The molecule has 5 nitrogen and oxygen atoms in total. The number of nitrogens with one attached hydrogen (secondary N) is 1. The lowest BCUT2D eigenvalue weighted by molar-refractivity contribution is 0.00578. The molecule has 0 aliphatic carbocycles. The van der Waals surface area contributed by atoms with E-state index in [4.69, 9.17) is 14.4 Å². The van der Waals surface area contributed by atoms with Gasteiger partial charge in [-0.05, 0) is 52.2 Å². The van der Waals surface area contributed by atoms with Crippen molar-refractivity contribution in [1.82, 2.24) is 0 Å². The molecule has 0 spiro atoms. The van der Waals surface area contributed by atoms with E-state index in [0.29, 0.717) is 12.0 Å². The lowest BCUT2D eigenvalue weighted by atomic mass is 9.78. The predicted molar refractivity (Wildman–Crippen MR) is 83.2 cm³/mol. The fourth-order valence-corrected chi connectivity index (χ4v) is 2.29. The van der Waals surface area contributed by atoms with Gasteiger partial charge in [0, 0.05) is 6.54 Å². The number of carbonyl (C=O) groups is 1. The van der Waals surface area contributed by atoms with Crippen LogP contribution in [0.3, 0.4) is 0 Å². The zero-order chi connectivity index (χ0) is 16.7. The molecule has 1 aliphatic heterocycles. The van der Waals surface area contributed by atoms with Gasteiger partial charge in [-0.25, -0.2) is 9.18 Å². The van der Waals surface area contributed by atoms with E-state index in [-0.39, 0.29) is 11.3 Å². The van der Waals surface area contributed by atoms with Crippen LogP contribution in [0.5, 0.6) is 0 Å². The number of carboxylic acid groups (broad SMARTS) is 1. The second kappa shape index (κ2) is 5.55. The van der Waals surface area contributed by atoms with Crippen molar-refractivity contribution in [2.24, 2.45) is 0 Å². The van der Waals surface area contributed by atoms with Gasteiger partial charge in [-0.1, -0.05) is 0 Å². The quantitative estimate of drug-likeness (QED) is 0.835.